The molecule has 2 N–H and O–H groups in total. The van der Waals surface area contributed by atoms with Crippen LogP contribution in [0.5, 0.6) is 0 Å². The molecular formula is C14H17ClN2O4S. The number of rotatable bonds is 3. The smallest absolute Gasteiger partial charge is 0.336 e. The molecule has 2 heterocycles. The average Bonchev–Trinajstić information content (AvgIpc) is 2.95. The van der Waals surface area contributed by atoms with Crippen LogP contribution in [-0.2, 0) is 10.0 Å². The fourth-order valence-corrected chi connectivity index (χ4v) is 4.45. The molecule has 1 atom stereocenters. The molecule has 1 fully saturated rings. The Morgan fingerprint density at radius 2 is 2.05 bits per heavy atom. The third kappa shape index (κ3) is 2.89. The van der Waals surface area contributed by atoms with Gasteiger partial charge in [-0.1, -0.05) is 0 Å². The fraction of sp³-hybridized carbons (Fsp3) is 0.357. The summed E-state index contributed by atoms with van der Waals surface area (Å²) in [6, 6.07) is 7.20. The lowest BCUT2D eigenvalue weighted by Gasteiger charge is -2.22. The minimum Gasteiger partial charge on any atom is -0.423 e. The van der Waals surface area contributed by atoms with Gasteiger partial charge >= 0.3 is 5.63 Å². The van der Waals surface area contributed by atoms with Crippen molar-refractivity contribution in [2.45, 2.75) is 23.8 Å². The molecule has 0 bridgehead atoms. The van der Waals surface area contributed by atoms with Crippen LogP contribution in [0.25, 0.3) is 11.0 Å². The summed E-state index contributed by atoms with van der Waals surface area (Å²) in [4.78, 5) is 11.3. The van der Waals surface area contributed by atoms with Gasteiger partial charge in [-0.05, 0) is 37.1 Å². The first kappa shape index (κ1) is 17.0. The first-order chi connectivity index (χ1) is 10.0. The Hall–Kier alpha value is -1.41. The van der Waals surface area contributed by atoms with Crippen LogP contribution in [0.2, 0.25) is 0 Å². The summed E-state index contributed by atoms with van der Waals surface area (Å²) in [6.07, 6.45) is 1.61. The van der Waals surface area contributed by atoms with Crippen molar-refractivity contribution in [3.8, 4) is 0 Å². The zero-order chi connectivity index (χ0) is 15.0. The molecule has 8 heteroatoms. The lowest BCUT2D eigenvalue weighted by molar-refractivity contribution is 0.393. The minimum absolute atomic E-state index is 0. The molecule has 1 aromatic carbocycles. The van der Waals surface area contributed by atoms with E-state index in [9.17, 15) is 13.2 Å². The van der Waals surface area contributed by atoms with Crippen LogP contribution in [-0.4, -0.2) is 31.9 Å². The van der Waals surface area contributed by atoms with Crippen molar-refractivity contribution in [1.82, 2.24) is 4.31 Å². The monoisotopic (exact) mass is 344 g/mol. The maximum atomic E-state index is 12.7. The highest BCUT2D eigenvalue weighted by Crippen LogP contribution is 2.27. The Morgan fingerprint density at radius 3 is 2.77 bits per heavy atom. The van der Waals surface area contributed by atoms with Crippen LogP contribution in [0.3, 0.4) is 0 Å². The van der Waals surface area contributed by atoms with Crippen LogP contribution in [0.1, 0.15) is 12.8 Å². The molecule has 1 aliphatic rings. The lowest BCUT2D eigenvalue weighted by atomic mass is 10.2. The van der Waals surface area contributed by atoms with E-state index in [2.05, 4.69) is 0 Å². The molecule has 1 unspecified atom stereocenters. The highest BCUT2D eigenvalue weighted by atomic mass is 35.5. The van der Waals surface area contributed by atoms with Crippen LogP contribution in [0.15, 0.2) is 44.4 Å². The van der Waals surface area contributed by atoms with Crippen LogP contribution >= 0.6 is 12.4 Å². The van der Waals surface area contributed by atoms with Crippen molar-refractivity contribution in [2.75, 3.05) is 13.1 Å². The number of fused-ring (bicyclic) bond motifs is 1. The number of nitrogens with two attached hydrogens (primary N) is 1. The van der Waals surface area contributed by atoms with Crippen LogP contribution in [0.4, 0.5) is 0 Å². The van der Waals surface area contributed by atoms with Crippen molar-refractivity contribution in [1.29, 1.82) is 0 Å². The molecule has 1 aromatic heterocycles. The van der Waals surface area contributed by atoms with E-state index in [0.717, 1.165) is 12.8 Å². The second kappa shape index (κ2) is 6.37. The number of halogens is 1. The molecule has 1 saturated heterocycles. The predicted molar refractivity (Wildman–Crippen MR) is 85.7 cm³/mol. The maximum absolute atomic E-state index is 12.7. The summed E-state index contributed by atoms with van der Waals surface area (Å²) >= 11 is 0. The van der Waals surface area contributed by atoms with E-state index in [1.165, 1.54) is 28.6 Å². The Kier molecular flexibility index (Phi) is 4.91. The zero-order valence-corrected chi connectivity index (χ0v) is 13.4. The number of sulfonamides is 1. The summed E-state index contributed by atoms with van der Waals surface area (Å²) in [5.41, 5.74) is 5.57. The molecule has 0 spiro atoms. The molecule has 1 aliphatic heterocycles. The molecule has 2 aromatic rings. The Balaban J connectivity index is 0.00000176. The van der Waals surface area contributed by atoms with E-state index in [0.29, 0.717) is 24.1 Å². The summed E-state index contributed by atoms with van der Waals surface area (Å²) in [6.45, 7) is 0.813. The molecule has 120 valence electrons. The standard InChI is InChI=1S/C14H16N2O4S.ClH/c15-9-11-2-1-7-16(11)21(18,19)12-4-5-13-10(8-12)3-6-14(17)20-13;/h3-6,8,11H,1-2,7,9,15H2;1H. The zero-order valence-electron chi connectivity index (χ0n) is 11.8. The van der Waals surface area contributed by atoms with Gasteiger partial charge in [-0.2, -0.15) is 4.31 Å². The molecule has 0 radical (unpaired) electrons. The van der Waals surface area contributed by atoms with Gasteiger partial charge < -0.3 is 10.2 Å². The Morgan fingerprint density at radius 1 is 1.27 bits per heavy atom. The van der Waals surface area contributed by atoms with E-state index >= 15 is 0 Å². The highest BCUT2D eigenvalue weighted by Gasteiger charge is 2.34. The molecule has 0 amide bonds. The van der Waals surface area contributed by atoms with Gasteiger partial charge in [0, 0.05) is 30.6 Å². The van der Waals surface area contributed by atoms with Crippen molar-refractivity contribution >= 4 is 33.4 Å². The van der Waals surface area contributed by atoms with Gasteiger partial charge in [0.05, 0.1) is 4.90 Å². The topological polar surface area (TPSA) is 93.6 Å². The van der Waals surface area contributed by atoms with Crippen LogP contribution in [0, 0.1) is 0 Å². The summed E-state index contributed by atoms with van der Waals surface area (Å²) < 4.78 is 31.9. The lowest BCUT2D eigenvalue weighted by Crippen LogP contribution is -2.39. The van der Waals surface area contributed by atoms with E-state index in [1.54, 1.807) is 6.07 Å². The van der Waals surface area contributed by atoms with E-state index in [4.69, 9.17) is 10.2 Å². The van der Waals surface area contributed by atoms with Crippen LogP contribution < -0.4 is 11.4 Å². The third-order valence-electron chi connectivity index (χ3n) is 3.79. The summed E-state index contributed by atoms with van der Waals surface area (Å²) in [5.74, 6) is 0. The fourth-order valence-electron chi connectivity index (χ4n) is 2.71. The maximum Gasteiger partial charge on any atom is 0.336 e. The number of hydrogen-bond donors (Lipinski definition) is 1. The molecule has 3 rings (SSSR count). The molecule has 0 saturated carbocycles. The normalized spacial score (nSPS) is 19.2. The minimum atomic E-state index is -3.57. The second-order valence-electron chi connectivity index (χ2n) is 5.10. The molecule has 6 nitrogen and oxygen atoms in total. The van der Waals surface area contributed by atoms with Gasteiger partial charge in [0.25, 0.3) is 0 Å². The SMILES string of the molecule is Cl.NCC1CCCN1S(=O)(=O)c1ccc2oc(=O)ccc2c1. The largest absolute Gasteiger partial charge is 0.423 e. The summed E-state index contributed by atoms with van der Waals surface area (Å²) in [5, 5.41) is 0.583. The first-order valence-electron chi connectivity index (χ1n) is 6.78. The van der Waals surface area contributed by atoms with Gasteiger partial charge in [-0.15, -0.1) is 12.4 Å². The van der Waals surface area contributed by atoms with Gasteiger partial charge in [-0.3, -0.25) is 0 Å². The Bertz CT molecular complexity index is 834. The second-order valence-corrected chi connectivity index (χ2v) is 6.99. The number of nitrogens with zero attached hydrogens (tertiary/aromatic N) is 1. The van der Waals surface area contributed by atoms with E-state index < -0.39 is 15.6 Å². The van der Waals surface area contributed by atoms with E-state index in [1.807, 2.05) is 0 Å². The van der Waals surface area contributed by atoms with Gasteiger partial charge in [-0.25, -0.2) is 13.2 Å². The van der Waals surface area contributed by atoms with Crippen molar-refractivity contribution in [3.63, 3.8) is 0 Å². The predicted octanol–water partition coefficient (Wildman–Crippen LogP) is 1.33. The molecule has 22 heavy (non-hydrogen) atoms. The Labute approximate surface area is 134 Å². The number of hydrogen-bond acceptors (Lipinski definition) is 5. The highest BCUT2D eigenvalue weighted by molar-refractivity contribution is 7.89. The van der Waals surface area contributed by atoms with Crippen molar-refractivity contribution in [2.24, 2.45) is 5.73 Å². The van der Waals surface area contributed by atoms with E-state index in [-0.39, 0.29) is 23.3 Å². The molecule has 0 aliphatic carbocycles. The van der Waals surface area contributed by atoms with Crippen molar-refractivity contribution < 1.29 is 12.8 Å². The van der Waals surface area contributed by atoms with Crippen molar-refractivity contribution in [3.05, 3.63) is 40.8 Å². The average molecular weight is 345 g/mol. The first-order valence-corrected chi connectivity index (χ1v) is 8.22. The molecular weight excluding hydrogens is 328 g/mol. The summed E-state index contributed by atoms with van der Waals surface area (Å²) in [7, 11) is -3.57. The number of benzene rings is 1. The van der Waals surface area contributed by atoms with Gasteiger partial charge in [0.15, 0.2) is 0 Å². The third-order valence-corrected chi connectivity index (χ3v) is 5.74. The quantitative estimate of drug-likeness (QED) is 0.848. The van der Waals surface area contributed by atoms with Gasteiger partial charge in [0.2, 0.25) is 10.0 Å². The van der Waals surface area contributed by atoms with Gasteiger partial charge in [0.1, 0.15) is 5.58 Å².